The van der Waals surface area contributed by atoms with E-state index in [1.807, 2.05) is 24.3 Å². The Hall–Kier alpha value is -3.09. The summed E-state index contributed by atoms with van der Waals surface area (Å²) < 4.78 is 5.16. The maximum atomic E-state index is 12.6. The molecule has 0 bridgehead atoms. The van der Waals surface area contributed by atoms with E-state index in [9.17, 15) is 14.4 Å². The van der Waals surface area contributed by atoms with Gasteiger partial charge >= 0.3 is 5.97 Å². The molecule has 2 amide bonds. The number of carbonyl (C=O) groups excluding carboxylic acids is 2. The van der Waals surface area contributed by atoms with Gasteiger partial charge in [-0.25, -0.2) is 0 Å². The lowest BCUT2D eigenvalue weighted by atomic mass is 10.0. The molecule has 7 heteroatoms. The number of fused-ring (bicyclic) bond motifs is 1. The van der Waals surface area contributed by atoms with Crippen LogP contribution >= 0.6 is 0 Å². The third-order valence-corrected chi connectivity index (χ3v) is 4.40. The lowest BCUT2D eigenvalue weighted by Gasteiger charge is -2.29. The first-order valence-corrected chi connectivity index (χ1v) is 8.42. The van der Waals surface area contributed by atoms with Crippen molar-refractivity contribution in [2.75, 3.05) is 18.0 Å². The van der Waals surface area contributed by atoms with Gasteiger partial charge in [0.15, 0.2) is 0 Å². The van der Waals surface area contributed by atoms with Gasteiger partial charge in [0.2, 0.25) is 5.91 Å². The zero-order chi connectivity index (χ0) is 18.7. The van der Waals surface area contributed by atoms with Crippen molar-refractivity contribution in [3.8, 4) is 0 Å². The Morgan fingerprint density at radius 3 is 2.81 bits per heavy atom. The molecule has 1 aromatic carbocycles. The number of benzene rings is 1. The largest absolute Gasteiger partial charge is 0.481 e. The molecule has 3 rings (SSSR count). The Bertz CT molecular complexity index is 855. The highest BCUT2D eigenvalue weighted by molar-refractivity contribution is 6.02. The third kappa shape index (κ3) is 3.61. The molecule has 0 saturated carbocycles. The fourth-order valence-corrected chi connectivity index (χ4v) is 3.20. The molecule has 0 atom stereocenters. The van der Waals surface area contributed by atoms with Crippen molar-refractivity contribution in [2.45, 2.75) is 26.2 Å². The van der Waals surface area contributed by atoms with Gasteiger partial charge < -0.3 is 19.7 Å². The first kappa shape index (κ1) is 17.7. The lowest BCUT2D eigenvalue weighted by molar-refractivity contribution is -0.136. The minimum atomic E-state index is -1.09. The second-order valence-corrected chi connectivity index (χ2v) is 6.25. The van der Waals surface area contributed by atoms with E-state index in [0.29, 0.717) is 12.1 Å². The number of nitrogens with one attached hydrogen (secondary N) is 1. The minimum Gasteiger partial charge on any atom is -0.481 e. The normalized spacial score (nSPS) is 13.2. The number of furan rings is 1. The first-order valence-electron chi connectivity index (χ1n) is 8.42. The Morgan fingerprint density at radius 2 is 2.04 bits per heavy atom. The van der Waals surface area contributed by atoms with E-state index >= 15 is 0 Å². The van der Waals surface area contributed by atoms with Crippen LogP contribution in [0.1, 0.15) is 33.7 Å². The van der Waals surface area contributed by atoms with E-state index in [1.54, 1.807) is 11.8 Å². The first-order chi connectivity index (χ1) is 12.5. The number of amides is 2. The van der Waals surface area contributed by atoms with Crippen LogP contribution in [0, 0.1) is 6.92 Å². The van der Waals surface area contributed by atoms with Crippen molar-refractivity contribution in [3.63, 3.8) is 0 Å². The summed E-state index contributed by atoms with van der Waals surface area (Å²) >= 11 is 0. The number of anilines is 1. The number of rotatable bonds is 5. The Balaban J connectivity index is 1.68. The van der Waals surface area contributed by atoms with E-state index in [4.69, 9.17) is 9.52 Å². The summed E-state index contributed by atoms with van der Waals surface area (Å²) in [5.41, 5.74) is 2.71. The van der Waals surface area contributed by atoms with Crippen LogP contribution in [0.25, 0.3) is 0 Å². The van der Waals surface area contributed by atoms with Crippen molar-refractivity contribution in [3.05, 3.63) is 53.0 Å². The van der Waals surface area contributed by atoms with E-state index in [0.717, 1.165) is 24.1 Å². The van der Waals surface area contributed by atoms with Gasteiger partial charge in [-0.2, -0.15) is 0 Å². The smallest absolute Gasteiger partial charge is 0.311 e. The van der Waals surface area contributed by atoms with Gasteiger partial charge in [-0.05, 0) is 31.4 Å². The third-order valence-electron chi connectivity index (χ3n) is 4.40. The number of hydrogen-bond acceptors (Lipinski definition) is 4. The van der Waals surface area contributed by atoms with E-state index < -0.39 is 11.9 Å². The van der Waals surface area contributed by atoms with Crippen molar-refractivity contribution in [1.29, 1.82) is 0 Å². The summed E-state index contributed by atoms with van der Waals surface area (Å²) in [4.78, 5) is 37.6. The summed E-state index contributed by atoms with van der Waals surface area (Å²) in [6.07, 6.45) is 2.76. The fourth-order valence-electron chi connectivity index (χ4n) is 3.20. The number of carboxylic acid groups (broad SMARTS) is 1. The quantitative estimate of drug-likeness (QED) is 0.853. The van der Waals surface area contributed by atoms with Crippen molar-refractivity contribution in [2.24, 2.45) is 0 Å². The molecular formula is C19H20N2O5. The maximum absolute atomic E-state index is 12.6. The predicted molar refractivity (Wildman–Crippen MR) is 94.2 cm³/mol. The highest BCUT2D eigenvalue weighted by atomic mass is 16.4. The van der Waals surface area contributed by atoms with E-state index in [-0.39, 0.29) is 30.2 Å². The lowest BCUT2D eigenvalue weighted by Crippen LogP contribution is -2.42. The molecule has 0 saturated heterocycles. The molecule has 0 aliphatic carbocycles. The molecule has 7 nitrogen and oxygen atoms in total. The molecule has 26 heavy (non-hydrogen) atoms. The van der Waals surface area contributed by atoms with Crippen LogP contribution in [0.4, 0.5) is 5.69 Å². The van der Waals surface area contributed by atoms with E-state index in [2.05, 4.69) is 5.32 Å². The average molecular weight is 356 g/mol. The average Bonchev–Trinajstić information content (AvgIpc) is 2.98. The van der Waals surface area contributed by atoms with E-state index in [1.165, 1.54) is 6.26 Å². The molecule has 1 aliphatic rings. The summed E-state index contributed by atoms with van der Waals surface area (Å²) in [5, 5.41) is 11.5. The maximum Gasteiger partial charge on any atom is 0.311 e. The number of carboxylic acids is 1. The molecule has 2 heterocycles. The highest BCUT2D eigenvalue weighted by Gasteiger charge is 2.24. The Kier molecular flexibility index (Phi) is 5.06. The minimum absolute atomic E-state index is 0.0864. The SMILES string of the molecule is Cc1coc(CC(=O)O)c1C(=O)NCC(=O)N1CCCc2ccccc21. The highest BCUT2D eigenvalue weighted by Crippen LogP contribution is 2.26. The monoisotopic (exact) mass is 356 g/mol. The van der Waals surface area contributed by atoms with Crippen LogP contribution in [0.2, 0.25) is 0 Å². The fraction of sp³-hybridized carbons (Fsp3) is 0.316. The van der Waals surface area contributed by atoms with Gasteiger partial charge in [0.1, 0.15) is 12.2 Å². The second kappa shape index (κ2) is 7.43. The molecule has 0 radical (unpaired) electrons. The molecule has 1 aromatic heterocycles. The van der Waals surface area contributed by atoms with Crippen molar-refractivity contribution in [1.82, 2.24) is 5.32 Å². The van der Waals surface area contributed by atoms with Gasteiger partial charge in [0, 0.05) is 17.8 Å². The number of aryl methyl sites for hydroxylation is 2. The number of carbonyl (C=O) groups is 3. The van der Waals surface area contributed by atoms with Crippen LogP contribution in [-0.4, -0.2) is 36.0 Å². The topological polar surface area (TPSA) is 99.8 Å². The predicted octanol–water partition coefficient (Wildman–Crippen LogP) is 1.92. The molecule has 0 unspecified atom stereocenters. The number of hydrogen-bond donors (Lipinski definition) is 2. The summed E-state index contributed by atoms with van der Waals surface area (Å²) in [7, 11) is 0. The summed E-state index contributed by atoms with van der Waals surface area (Å²) in [6.45, 7) is 2.11. The zero-order valence-corrected chi connectivity index (χ0v) is 14.4. The standard InChI is InChI=1S/C19H20N2O5/c1-12-11-26-15(9-17(23)24)18(12)19(25)20-10-16(22)21-8-4-6-13-5-2-3-7-14(13)21/h2-3,5,7,11H,4,6,8-10H2,1H3,(H,20,25)(H,23,24). The number of nitrogens with zero attached hydrogens (tertiary/aromatic N) is 1. The molecule has 136 valence electrons. The van der Waals surface area contributed by atoms with Gasteiger partial charge in [-0.3, -0.25) is 14.4 Å². The van der Waals surface area contributed by atoms with Gasteiger partial charge in [0.05, 0.1) is 18.4 Å². The van der Waals surface area contributed by atoms with Gasteiger partial charge in [-0.1, -0.05) is 18.2 Å². The van der Waals surface area contributed by atoms with Crippen molar-refractivity contribution >= 4 is 23.5 Å². The number of aliphatic carboxylic acids is 1. The second-order valence-electron chi connectivity index (χ2n) is 6.25. The van der Waals surface area contributed by atoms with Gasteiger partial charge in [-0.15, -0.1) is 0 Å². The Labute approximate surface area is 150 Å². The van der Waals surface area contributed by atoms with Crippen LogP contribution < -0.4 is 10.2 Å². The zero-order valence-electron chi connectivity index (χ0n) is 14.4. The number of para-hydroxylation sites is 1. The molecule has 0 spiro atoms. The van der Waals surface area contributed by atoms with Crippen LogP contribution in [0.3, 0.4) is 0 Å². The molecule has 0 fully saturated rings. The summed E-state index contributed by atoms with van der Waals surface area (Å²) in [5.74, 6) is -1.71. The molecule has 2 N–H and O–H groups in total. The van der Waals surface area contributed by atoms with Crippen LogP contribution in [0.5, 0.6) is 0 Å². The molecule has 2 aromatic rings. The molecule has 1 aliphatic heterocycles. The van der Waals surface area contributed by atoms with Crippen molar-refractivity contribution < 1.29 is 23.9 Å². The van der Waals surface area contributed by atoms with Crippen LogP contribution in [-0.2, 0) is 22.4 Å². The molecular weight excluding hydrogens is 336 g/mol. The van der Waals surface area contributed by atoms with Gasteiger partial charge in [0.25, 0.3) is 5.91 Å². The van der Waals surface area contributed by atoms with Crippen LogP contribution in [0.15, 0.2) is 34.9 Å². The Morgan fingerprint density at radius 1 is 1.27 bits per heavy atom. The summed E-state index contributed by atoms with van der Waals surface area (Å²) in [6, 6.07) is 7.73.